The van der Waals surface area contributed by atoms with Gasteiger partial charge in [0, 0.05) is 32.2 Å². The number of carbonyl (C=O) groups is 1. The summed E-state index contributed by atoms with van der Waals surface area (Å²) >= 11 is 0. The molecular formula is C31H40N2O5. The Hall–Kier alpha value is -3.39. The summed E-state index contributed by atoms with van der Waals surface area (Å²) in [7, 11) is 0. The lowest BCUT2D eigenvalue weighted by Crippen LogP contribution is -2.42. The Bertz CT molecular complexity index is 1050. The van der Waals surface area contributed by atoms with E-state index in [2.05, 4.69) is 41.4 Å². The number of ether oxygens (including phenoxy) is 3. The molecule has 2 unspecified atom stereocenters. The average Bonchev–Trinajstić information content (AvgIpc) is 2.94. The zero-order valence-corrected chi connectivity index (χ0v) is 22.4. The number of hydrogen-bond acceptors (Lipinski definition) is 7. The van der Waals surface area contributed by atoms with Crippen LogP contribution in [-0.4, -0.2) is 67.6 Å². The number of nitrogens with zero attached hydrogens (tertiary/aromatic N) is 1. The minimum absolute atomic E-state index is 0.180. The molecule has 2 atom stereocenters. The van der Waals surface area contributed by atoms with Gasteiger partial charge in [0.1, 0.15) is 30.8 Å². The minimum Gasteiger partial charge on any atom is -0.492 e. The molecule has 0 fully saturated rings. The quantitative estimate of drug-likeness (QED) is 0.205. The van der Waals surface area contributed by atoms with Crippen molar-refractivity contribution in [2.75, 3.05) is 39.5 Å². The van der Waals surface area contributed by atoms with Crippen LogP contribution in [0.1, 0.15) is 25.0 Å². The van der Waals surface area contributed by atoms with Crippen molar-refractivity contribution in [1.82, 2.24) is 10.2 Å². The molecule has 0 spiro atoms. The summed E-state index contributed by atoms with van der Waals surface area (Å²) in [6.45, 7) is 7.88. The third kappa shape index (κ3) is 10.9. The highest BCUT2D eigenvalue weighted by Crippen LogP contribution is 2.14. The molecule has 0 saturated heterocycles. The van der Waals surface area contributed by atoms with E-state index >= 15 is 0 Å². The van der Waals surface area contributed by atoms with Crippen LogP contribution in [0.15, 0.2) is 84.9 Å². The summed E-state index contributed by atoms with van der Waals surface area (Å²) < 4.78 is 16.7. The molecule has 0 amide bonds. The standard InChI is InChI=1S/C31H40N2O5/c1-3-36-31(35)20-26-14-16-30(17-15-26)38-24-28(34)21-32-18-19-33(22-27-10-6-4-7-11-27)25(2)23-37-29-12-8-5-9-13-29/h4-17,25,28,32,34H,3,18-24H2,1-2H3. The predicted molar refractivity (Wildman–Crippen MR) is 149 cm³/mol. The van der Waals surface area contributed by atoms with Crippen LogP contribution >= 0.6 is 0 Å². The third-order valence-corrected chi connectivity index (χ3v) is 6.06. The number of para-hydroxylation sites is 1. The molecule has 204 valence electrons. The van der Waals surface area contributed by atoms with Crippen molar-refractivity contribution < 1.29 is 24.1 Å². The first-order valence-corrected chi connectivity index (χ1v) is 13.3. The van der Waals surface area contributed by atoms with Gasteiger partial charge in [-0.25, -0.2) is 0 Å². The van der Waals surface area contributed by atoms with Crippen LogP contribution in [-0.2, 0) is 22.5 Å². The second-order valence-electron chi connectivity index (χ2n) is 9.22. The summed E-state index contributed by atoms with van der Waals surface area (Å²) in [5, 5.41) is 13.7. The smallest absolute Gasteiger partial charge is 0.310 e. The van der Waals surface area contributed by atoms with Gasteiger partial charge >= 0.3 is 5.97 Å². The largest absolute Gasteiger partial charge is 0.492 e. The molecule has 3 aromatic carbocycles. The van der Waals surface area contributed by atoms with Crippen LogP contribution in [0.2, 0.25) is 0 Å². The molecule has 38 heavy (non-hydrogen) atoms. The maximum absolute atomic E-state index is 11.6. The number of benzene rings is 3. The van der Waals surface area contributed by atoms with Crippen molar-refractivity contribution in [3.8, 4) is 11.5 Å². The first-order chi connectivity index (χ1) is 18.5. The van der Waals surface area contributed by atoms with Crippen molar-refractivity contribution in [3.63, 3.8) is 0 Å². The predicted octanol–water partition coefficient (Wildman–Crippen LogP) is 4.09. The molecule has 0 aliphatic heterocycles. The highest BCUT2D eigenvalue weighted by atomic mass is 16.5. The molecule has 0 heterocycles. The summed E-state index contributed by atoms with van der Waals surface area (Å²) in [4.78, 5) is 14.0. The van der Waals surface area contributed by atoms with Gasteiger partial charge in [-0.2, -0.15) is 0 Å². The van der Waals surface area contributed by atoms with Gasteiger partial charge in [0.15, 0.2) is 0 Å². The minimum atomic E-state index is -0.643. The second-order valence-corrected chi connectivity index (χ2v) is 9.22. The molecule has 0 radical (unpaired) electrons. The van der Waals surface area contributed by atoms with Gasteiger partial charge in [0.05, 0.1) is 13.0 Å². The average molecular weight is 521 g/mol. The Labute approximate surface area is 226 Å². The van der Waals surface area contributed by atoms with Crippen molar-refractivity contribution in [1.29, 1.82) is 0 Å². The normalized spacial score (nSPS) is 12.6. The van der Waals surface area contributed by atoms with E-state index in [1.807, 2.05) is 48.5 Å². The van der Waals surface area contributed by atoms with Gasteiger partial charge in [-0.05, 0) is 49.2 Å². The zero-order chi connectivity index (χ0) is 27.0. The van der Waals surface area contributed by atoms with E-state index in [4.69, 9.17) is 14.2 Å². The van der Waals surface area contributed by atoms with E-state index in [0.717, 1.165) is 30.9 Å². The maximum atomic E-state index is 11.6. The summed E-state index contributed by atoms with van der Waals surface area (Å²) in [6.07, 6.45) is -0.408. The molecule has 7 nitrogen and oxygen atoms in total. The zero-order valence-electron chi connectivity index (χ0n) is 22.4. The van der Waals surface area contributed by atoms with Crippen LogP contribution in [0.5, 0.6) is 11.5 Å². The molecule has 0 aliphatic carbocycles. The summed E-state index contributed by atoms with van der Waals surface area (Å²) in [6, 6.07) is 27.8. The molecule has 7 heteroatoms. The summed E-state index contributed by atoms with van der Waals surface area (Å²) in [5.74, 6) is 1.27. The van der Waals surface area contributed by atoms with E-state index < -0.39 is 6.10 Å². The Kier molecular flexibility index (Phi) is 12.6. The van der Waals surface area contributed by atoms with Crippen LogP contribution in [0, 0.1) is 0 Å². The highest BCUT2D eigenvalue weighted by molar-refractivity contribution is 5.72. The molecule has 0 aliphatic rings. The van der Waals surface area contributed by atoms with Crippen molar-refractivity contribution in [2.45, 2.75) is 39.0 Å². The molecule has 2 N–H and O–H groups in total. The number of aliphatic hydroxyl groups excluding tert-OH is 1. The van der Waals surface area contributed by atoms with E-state index in [0.29, 0.717) is 25.5 Å². The van der Waals surface area contributed by atoms with Crippen molar-refractivity contribution in [3.05, 3.63) is 96.1 Å². The van der Waals surface area contributed by atoms with Gasteiger partial charge in [0.25, 0.3) is 0 Å². The fraction of sp³-hybridized carbons (Fsp3) is 0.387. The maximum Gasteiger partial charge on any atom is 0.310 e. The number of rotatable bonds is 17. The number of esters is 1. The van der Waals surface area contributed by atoms with Crippen LogP contribution < -0.4 is 14.8 Å². The van der Waals surface area contributed by atoms with Crippen molar-refractivity contribution in [2.24, 2.45) is 0 Å². The van der Waals surface area contributed by atoms with Crippen molar-refractivity contribution >= 4 is 5.97 Å². The molecular weight excluding hydrogens is 480 g/mol. The number of carbonyl (C=O) groups excluding carboxylic acids is 1. The molecule has 3 aromatic rings. The Morgan fingerprint density at radius 2 is 1.50 bits per heavy atom. The van der Waals surface area contributed by atoms with Crippen LogP contribution in [0.25, 0.3) is 0 Å². The van der Waals surface area contributed by atoms with Crippen LogP contribution in [0.4, 0.5) is 0 Å². The lowest BCUT2D eigenvalue weighted by molar-refractivity contribution is -0.142. The molecule has 0 aromatic heterocycles. The Balaban J connectivity index is 1.40. The topological polar surface area (TPSA) is 80.3 Å². The summed E-state index contributed by atoms with van der Waals surface area (Å²) in [5.41, 5.74) is 2.11. The highest BCUT2D eigenvalue weighted by Gasteiger charge is 2.15. The molecule has 0 saturated carbocycles. The van der Waals surface area contributed by atoms with E-state index in [9.17, 15) is 9.90 Å². The second kappa shape index (κ2) is 16.5. The number of nitrogens with one attached hydrogen (secondary N) is 1. The van der Waals surface area contributed by atoms with Gasteiger partial charge in [0.2, 0.25) is 0 Å². The molecule has 0 bridgehead atoms. The Morgan fingerprint density at radius 1 is 0.868 bits per heavy atom. The van der Waals surface area contributed by atoms with Gasteiger partial charge < -0.3 is 24.6 Å². The van der Waals surface area contributed by atoms with Crippen LogP contribution in [0.3, 0.4) is 0 Å². The number of hydrogen-bond donors (Lipinski definition) is 2. The van der Waals surface area contributed by atoms with Gasteiger partial charge in [-0.15, -0.1) is 0 Å². The van der Waals surface area contributed by atoms with E-state index in [1.165, 1.54) is 5.56 Å². The molecule has 3 rings (SSSR count). The first-order valence-electron chi connectivity index (χ1n) is 13.3. The van der Waals surface area contributed by atoms with E-state index in [-0.39, 0.29) is 25.0 Å². The SMILES string of the molecule is CCOC(=O)Cc1ccc(OCC(O)CNCCN(Cc2ccccc2)C(C)COc2ccccc2)cc1. The Morgan fingerprint density at radius 3 is 2.18 bits per heavy atom. The van der Waals surface area contributed by atoms with Gasteiger partial charge in [-0.1, -0.05) is 60.7 Å². The monoisotopic (exact) mass is 520 g/mol. The first kappa shape index (κ1) is 29.2. The lowest BCUT2D eigenvalue weighted by atomic mass is 10.1. The lowest BCUT2D eigenvalue weighted by Gasteiger charge is -2.29. The fourth-order valence-electron chi connectivity index (χ4n) is 3.94. The van der Waals surface area contributed by atoms with Gasteiger partial charge in [-0.3, -0.25) is 9.69 Å². The third-order valence-electron chi connectivity index (χ3n) is 6.06. The number of aliphatic hydroxyl groups is 1. The fourth-order valence-corrected chi connectivity index (χ4v) is 3.94. The van der Waals surface area contributed by atoms with E-state index in [1.54, 1.807) is 19.1 Å².